The Balaban J connectivity index is 1.69. The van der Waals surface area contributed by atoms with Crippen molar-refractivity contribution in [1.82, 2.24) is 9.88 Å². The summed E-state index contributed by atoms with van der Waals surface area (Å²) in [7, 11) is 0. The van der Waals surface area contributed by atoms with E-state index < -0.39 is 0 Å². The average molecular weight is 320 g/mol. The highest BCUT2D eigenvalue weighted by molar-refractivity contribution is 5.79. The molecule has 0 unspecified atom stereocenters. The minimum Gasteiger partial charge on any atom is -0.336 e. The number of amides is 1. The molecule has 0 saturated carbocycles. The second-order valence-corrected chi connectivity index (χ2v) is 6.30. The van der Waals surface area contributed by atoms with Crippen molar-refractivity contribution in [3.8, 4) is 0 Å². The predicted octanol–water partition coefficient (Wildman–Crippen LogP) is 4.01. The van der Waals surface area contributed by atoms with Crippen LogP contribution in [0.4, 0.5) is 0 Å². The van der Waals surface area contributed by atoms with E-state index in [0.717, 1.165) is 37.9 Å². The SMILES string of the molecule is O=C([C@@H]1CC=CCC1)N(CCc1ccccc1)Cc1ccccn1. The lowest BCUT2D eigenvalue weighted by Gasteiger charge is -2.28. The highest BCUT2D eigenvalue weighted by Gasteiger charge is 2.24. The smallest absolute Gasteiger partial charge is 0.226 e. The van der Waals surface area contributed by atoms with Gasteiger partial charge in [0.25, 0.3) is 0 Å². The second-order valence-electron chi connectivity index (χ2n) is 6.30. The molecule has 1 heterocycles. The Labute approximate surface area is 144 Å². The van der Waals surface area contributed by atoms with Crippen LogP contribution in [0.1, 0.15) is 30.5 Å². The van der Waals surface area contributed by atoms with Crippen LogP contribution in [0.2, 0.25) is 0 Å². The molecule has 24 heavy (non-hydrogen) atoms. The molecule has 0 N–H and O–H groups in total. The number of pyridine rings is 1. The fraction of sp³-hybridized carbons (Fsp3) is 0.333. The monoisotopic (exact) mass is 320 g/mol. The van der Waals surface area contributed by atoms with E-state index >= 15 is 0 Å². The summed E-state index contributed by atoms with van der Waals surface area (Å²) >= 11 is 0. The summed E-state index contributed by atoms with van der Waals surface area (Å²) in [5.74, 6) is 0.385. The summed E-state index contributed by atoms with van der Waals surface area (Å²) in [5.41, 5.74) is 2.21. The van der Waals surface area contributed by atoms with Crippen LogP contribution in [0.15, 0.2) is 66.9 Å². The molecule has 1 amide bonds. The molecule has 0 saturated heterocycles. The molecule has 124 valence electrons. The molecule has 1 aliphatic carbocycles. The number of hydrogen-bond acceptors (Lipinski definition) is 2. The first kappa shape index (κ1) is 16.4. The minimum atomic E-state index is 0.120. The molecule has 0 radical (unpaired) electrons. The molecule has 1 aliphatic rings. The molecule has 0 aliphatic heterocycles. The van der Waals surface area contributed by atoms with Gasteiger partial charge >= 0.3 is 0 Å². The molecule has 0 spiro atoms. The van der Waals surface area contributed by atoms with Crippen molar-refractivity contribution in [2.24, 2.45) is 5.92 Å². The number of rotatable bonds is 6. The zero-order valence-electron chi connectivity index (χ0n) is 14.0. The van der Waals surface area contributed by atoms with E-state index in [9.17, 15) is 4.79 Å². The fourth-order valence-corrected chi connectivity index (χ4v) is 3.14. The highest BCUT2D eigenvalue weighted by Crippen LogP contribution is 2.21. The van der Waals surface area contributed by atoms with Gasteiger partial charge in [0.05, 0.1) is 12.2 Å². The van der Waals surface area contributed by atoms with Crippen molar-refractivity contribution < 1.29 is 4.79 Å². The first-order chi connectivity index (χ1) is 11.8. The van der Waals surface area contributed by atoms with Gasteiger partial charge in [0.2, 0.25) is 5.91 Å². The zero-order chi connectivity index (χ0) is 16.6. The first-order valence-electron chi connectivity index (χ1n) is 8.70. The Morgan fingerprint density at radius 2 is 1.92 bits per heavy atom. The Bertz CT molecular complexity index is 667. The van der Waals surface area contributed by atoms with Crippen LogP contribution in [-0.2, 0) is 17.8 Å². The molecule has 3 nitrogen and oxygen atoms in total. The van der Waals surface area contributed by atoms with Crippen LogP contribution in [0.3, 0.4) is 0 Å². The van der Waals surface area contributed by atoms with Crippen molar-refractivity contribution in [3.63, 3.8) is 0 Å². The van der Waals surface area contributed by atoms with Crippen LogP contribution in [0, 0.1) is 5.92 Å². The summed E-state index contributed by atoms with van der Waals surface area (Å²) in [6.07, 6.45) is 9.81. The van der Waals surface area contributed by atoms with Gasteiger partial charge in [-0.3, -0.25) is 9.78 Å². The zero-order valence-corrected chi connectivity index (χ0v) is 14.0. The standard InChI is InChI=1S/C21H24N2O/c24-21(19-11-5-2-6-12-19)23(17-20-13-7-8-15-22-20)16-14-18-9-3-1-4-10-18/h1-5,7-10,13,15,19H,6,11-12,14,16-17H2/t19-/m1/s1. The number of aromatic nitrogens is 1. The van der Waals surface area contributed by atoms with E-state index in [4.69, 9.17) is 0 Å². The molecular formula is C21H24N2O. The normalized spacial score (nSPS) is 16.8. The van der Waals surface area contributed by atoms with E-state index in [0.29, 0.717) is 6.54 Å². The number of benzene rings is 1. The lowest BCUT2D eigenvalue weighted by molar-refractivity contribution is -0.136. The lowest BCUT2D eigenvalue weighted by Crippen LogP contribution is -2.37. The molecule has 0 bridgehead atoms. The molecule has 1 atom stereocenters. The third-order valence-electron chi connectivity index (χ3n) is 4.52. The molecule has 1 aromatic carbocycles. The second kappa shape index (κ2) is 8.44. The maximum Gasteiger partial charge on any atom is 0.226 e. The molecule has 3 heteroatoms. The van der Waals surface area contributed by atoms with E-state index in [2.05, 4.69) is 29.3 Å². The highest BCUT2D eigenvalue weighted by atomic mass is 16.2. The number of carbonyl (C=O) groups excluding carboxylic acids is 1. The lowest BCUT2D eigenvalue weighted by atomic mass is 9.93. The first-order valence-corrected chi connectivity index (χ1v) is 8.70. The molecular weight excluding hydrogens is 296 g/mol. The van der Waals surface area contributed by atoms with Crippen molar-refractivity contribution in [2.75, 3.05) is 6.54 Å². The minimum absolute atomic E-state index is 0.120. The van der Waals surface area contributed by atoms with Crippen LogP contribution >= 0.6 is 0 Å². The van der Waals surface area contributed by atoms with Crippen LogP contribution in [0.5, 0.6) is 0 Å². The molecule has 2 aromatic rings. The van der Waals surface area contributed by atoms with Gasteiger partial charge in [-0.2, -0.15) is 0 Å². The Kier molecular flexibility index (Phi) is 5.78. The third kappa shape index (κ3) is 4.54. The Hall–Kier alpha value is -2.42. The number of hydrogen-bond donors (Lipinski definition) is 0. The summed E-state index contributed by atoms with van der Waals surface area (Å²) < 4.78 is 0. The predicted molar refractivity (Wildman–Crippen MR) is 96.3 cm³/mol. The summed E-state index contributed by atoms with van der Waals surface area (Å²) in [6, 6.07) is 16.2. The summed E-state index contributed by atoms with van der Waals surface area (Å²) in [5, 5.41) is 0. The van der Waals surface area contributed by atoms with Gasteiger partial charge < -0.3 is 4.90 Å². The van der Waals surface area contributed by atoms with E-state index in [-0.39, 0.29) is 11.8 Å². The van der Waals surface area contributed by atoms with Gasteiger partial charge in [-0.25, -0.2) is 0 Å². The molecule has 0 fully saturated rings. The van der Waals surface area contributed by atoms with Crippen LogP contribution in [-0.4, -0.2) is 22.3 Å². The van der Waals surface area contributed by atoms with Gasteiger partial charge in [-0.15, -0.1) is 0 Å². The van der Waals surface area contributed by atoms with Crippen molar-refractivity contribution in [3.05, 3.63) is 78.1 Å². The maximum absolute atomic E-state index is 13.0. The topological polar surface area (TPSA) is 33.2 Å². The van der Waals surface area contributed by atoms with Gasteiger partial charge in [-0.05, 0) is 43.4 Å². The molecule has 1 aromatic heterocycles. The Morgan fingerprint density at radius 1 is 1.08 bits per heavy atom. The van der Waals surface area contributed by atoms with Crippen LogP contribution < -0.4 is 0 Å². The maximum atomic E-state index is 13.0. The van der Waals surface area contributed by atoms with Gasteiger partial charge in [0, 0.05) is 18.7 Å². The summed E-state index contributed by atoms with van der Waals surface area (Å²) in [6.45, 7) is 1.33. The van der Waals surface area contributed by atoms with E-state index in [1.165, 1.54) is 5.56 Å². The van der Waals surface area contributed by atoms with E-state index in [1.54, 1.807) is 6.20 Å². The quantitative estimate of drug-likeness (QED) is 0.754. The average Bonchev–Trinajstić information content (AvgIpc) is 2.67. The van der Waals surface area contributed by atoms with E-state index in [1.807, 2.05) is 41.3 Å². The molecule has 3 rings (SSSR count). The van der Waals surface area contributed by atoms with Crippen molar-refractivity contribution in [2.45, 2.75) is 32.2 Å². The van der Waals surface area contributed by atoms with Crippen LogP contribution in [0.25, 0.3) is 0 Å². The van der Waals surface area contributed by atoms with Gasteiger partial charge in [-0.1, -0.05) is 48.6 Å². The number of allylic oxidation sites excluding steroid dienone is 2. The largest absolute Gasteiger partial charge is 0.336 e. The van der Waals surface area contributed by atoms with Gasteiger partial charge in [0.1, 0.15) is 0 Å². The number of nitrogens with zero attached hydrogens (tertiary/aromatic N) is 2. The van der Waals surface area contributed by atoms with Crippen molar-refractivity contribution >= 4 is 5.91 Å². The number of carbonyl (C=O) groups is 1. The van der Waals surface area contributed by atoms with Crippen molar-refractivity contribution in [1.29, 1.82) is 0 Å². The Morgan fingerprint density at radius 3 is 2.62 bits per heavy atom. The fourth-order valence-electron chi connectivity index (χ4n) is 3.14. The van der Waals surface area contributed by atoms with Gasteiger partial charge in [0.15, 0.2) is 0 Å². The summed E-state index contributed by atoms with van der Waals surface area (Å²) in [4.78, 5) is 19.4. The third-order valence-corrected chi connectivity index (χ3v) is 4.52.